The molecular formula is C20H22N4O2S. The Balaban J connectivity index is 1.45. The Morgan fingerprint density at radius 3 is 2.74 bits per heavy atom. The second-order valence-electron chi connectivity index (χ2n) is 7.04. The molecular weight excluding hydrogens is 360 g/mol. The zero-order valence-electron chi connectivity index (χ0n) is 15.2. The highest BCUT2D eigenvalue weighted by molar-refractivity contribution is 7.98. The molecule has 2 heterocycles. The number of nitrogens with one attached hydrogen (secondary N) is 1. The van der Waals surface area contributed by atoms with Gasteiger partial charge in [-0.25, -0.2) is 9.97 Å². The van der Waals surface area contributed by atoms with Crippen molar-refractivity contribution < 1.29 is 9.59 Å². The van der Waals surface area contributed by atoms with Crippen molar-refractivity contribution in [1.29, 1.82) is 0 Å². The molecule has 6 nitrogen and oxygen atoms in total. The summed E-state index contributed by atoms with van der Waals surface area (Å²) in [5.74, 6) is 0.285. The number of aromatic nitrogens is 2. The van der Waals surface area contributed by atoms with Gasteiger partial charge in [0.2, 0.25) is 0 Å². The van der Waals surface area contributed by atoms with Gasteiger partial charge in [0.1, 0.15) is 12.0 Å². The fraction of sp³-hybridized carbons (Fsp3) is 0.400. The van der Waals surface area contributed by atoms with Crippen molar-refractivity contribution in [3.8, 4) is 0 Å². The Morgan fingerprint density at radius 1 is 1.22 bits per heavy atom. The van der Waals surface area contributed by atoms with Crippen LogP contribution in [0.5, 0.6) is 0 Å². The van der Waals surface area contributed by atoms with Gasteiger partial charge in [-0.2, -0.15) is 0 Å². The molecule has 140 valence electrons. The second-order valence-corrected chi connectivity index (χ2v) is 7.92. The first kappa shape index (κ1) is 18.0. The highest BCUT2D eigenvalue weighted by Crippen LogP contribution is 2.42. The van der Waals surface area contributed by atoms with Crippen molar-refractivity contribution in [2.45, 2.75) is 36.2 Å². The lowest BCUT2D eigenvalue weighted by Crippen LogP contribution is -2.50. The Labute approximate surface area is 162 Å². The topological polar surface area (TPSA) is 75.2 Å². The van der Waals surface area contributed by atoms with E-state index in [1.807, 2.05) is 35.4 Å². The van der Waals surface area contributed by atoms with E-state index in [1.165, 1.54) is 6.33 Å². The number of hydrogen-bond acceptors (Lipinski definition) is 5. The van der Waals surface area contributed by atoms with Crippen LogP contribution < -0.4 is 5.32 Å². The second kappa shape index (κ2) is 7.68. The van der Waals surface area contributed by atoms with Gasteiger partial charge in [0.15, 0.2) is 0 Å². The molecule has 1 aliphatic heterocycles. The minimum atomic E-state index is -0.0974. The fourth-order valence-corrected chi connectivity index (χ4v) is 4.67. The van der Waals surface area contributed by atoms with Gasteiger partial charge in [-0.3, -0.25) is 9.59 Å². The molecule has 27 heavy (non-hydrogen) atoms. The quantitative estimate of drug-likeness (QED) is 0.805. The molecule has 0 unspecified atom stereocenters. The van der Waals surface area contributed by atoms with Gasteiger partial charge in [-0.1, -0.05) is 0 Å². The number of fused-ring (bicyclic) bond motifs is 2. The summed E-state index contributed by atoms with van der Waals surface area (Å²) < 4.78 is 0. The Hall–Kier alpha value is -2.41. The van der Waals surface area contributed by atoms with E-state index in [0.29, 0.717) is 23.7 Å². The SMILES string of the molecule is CSc1ccc(C(=O)NC[C@@H]2[C@H]3CC[C@H](C3)N2C(=O)c2ccncn2)cc1. The van der Waals surface area contributed by atoms with Crippen LogP contribution >= 0.6 is 11.8 Å². The normalized spacial score (nSPS) is 23.4. The summed E-state index contributed by atoms with van der Waals surface area (Å²) in [5.41, 5.74) is 1.06. The van der Waals surface area contributed by atoms with Gasteiger partial charge < -0.3 is 10.2 Å². The molecule has 0 spiro atoms. The van der Waals surface area contributed by atoms with Gasteiger partial charge in [-0.15, -0.1) is 11.8 Å². The summed E-state index contributed by atoms with van der Waals surface area (Å²) in [6.45, 7) is 0.473. The highest BCUT2D eigenvalue weighted by atomic mass is 32.2. The molecule has 7 heteroatoms. The first-order valence-corrected chi connectivity index (χ1v) is 10.4. The van der Waals surface area contributed by atoms with E-state index < -0.39 is 0 Å². The number of benzene rings is 1. The van der Waals surface area contributed by atoms with Crippen molar-refractivity contribution in [1.82, 2.24) is 20.2 Å². The van der Waals surface area contributed by atoms with Crippen molar-refractivity contribution in [3.63, 3.8) is 0 Å². The minimum Gasteiger partial charge on any atom is -0.350 e. The van der Waals surface area contributed by atoms with Crippen LogP contribution in [-0.4, -0.2) is 51.6 Å². The molecule has 0 radical (unpaired) electrons. The van der Waals surface area contributed by atoms with Gasteiger partial charge in [0.25, 0.3) is 11.8 Å². The lowest BCUT2D eigenvalue weighted by Gasteiger charge is -2.35. The summed E-state index contributed by atoms with van der Waals surface area (Å²) in [4.78, 5) is 36.5. The number of likely N-dealkylation sites (tertiary alicyclic amines) is 1. The number of carbonyl (C=O) groups excluding carboxylic acids is 2. The van der Waals surface area contributed by atoms with Crippen molar-refractivity contribution >= 4 is 23.6 Å². The van der Waals surface area contributed by atoms with Crippen LogP contribution in [0.15, 0.2) is 47.8 Å². The third-order valence-corrected chi connectivity index (χ3v) is 6.34. The van der Waals surface area contributed by atoms with Gasteiger partial charge in [0.05, 0.1) is 6.04 Å². The van der Waals surface area contributed by atoms with Crippen molar-refractivity contribution in [2.24, 2.45) is 5.92 Å². The molecule has 2 aliphatic rings. The molecule has 1 saturated carbocycles. The van der Waals surface area contributed by atoms with E-state index in [2.05, 4.69) is 15.3 Å². The molecule has 1 aliphatic carbocycles. The van der Waals surface area contributed by atoms with Gasteiger partial charge in [0, 0.05) is 29.2 Å². The molecule has 4 rings (SSSR count). The maximum Gasteiger partial charge on any atom is 0.273 e. The maximum atomic E-state index is 13.0. The third kappa shape index (κ3) is 3.56. The van der Waals surface area contributed by atoms with Gasteiger partial charge in [-0.05, 0) is 61.8 Å². The van der Waals surface area contributed by atoms with E-state index in [9.17, 15) is 9.59 Å². The van der Waals surface area contributed by atoms with Crippen LogP contribution in [0.3, 0.4) is 0 Å². The summed E-state index contributed by atoms with van der Waals surface area (Å²) in [7, 11) is 0. The summed E-state index contributed by atoms with van der Waals surface area (Å²) in [6, 6.07) is 9.50. The molecule has 2 amide bonds. The first-order chi connectivity index (χ1) is 13.2. The van der Waals surface area contributed by atoms with E-state index >= 15 is 0 Å². The predicted molar refractivity (Wildman–Crippen MR) is 104 cm³/mol. The van der Waals surface area contributed by atoms with E-state index in [4.69, 9.17) is 0 Å². The Kier molecular flexibility index (Phi) is 5.11. The van der Waals surface area contributed by atoms with Crippen molar-refractivity contribution in [2.75, 3.05) is 12.8 Å². The smallest absolute Gasteiger partial charge is 0.273 e. The number of nitrogens with zero attached hydrogens (tertiary/aromatic N) is 3. The predicted octanol–water partition coefficient (Wildman–Crippen LogP) is 2.62. The third-order valence-electron chi connectivity index (χ3n) is 5.60. The zero-order chi connectivity index (χ0) is 18.8. The Bertz CT molecular complexity index is 828. The average Bonchev–Trinajstić information content (AvgIpc) is 3.33. The minimum absolute atomic E-state index is 0.0284. The van der Waals surface area contributed by atoms with E-state index in [0.717, 1.165) is 24.2 Å². The molecule has 1 N–H and O–H groups in total. The van der Waals surface area contributed by atoms with Crippen LogP contribution in [0.25, 0.3) is 0 Å². The lowest BCUT2D eigenvalue weighted by molar-refractivity contribution is 0.0576. The number of amides is 2. The van der Waals surface area contributed by atoms with Crippen LogP contribution in [0.1, 0.15) is 40.1 Å². The molecule has 2 aromatic rings. The largest absolute Gasteiger partial charge is 0.350 e. The summed E-state index contributed by atoms with van der Waals surface area (Å²) in [5, 5.41) is 3.03. The monoisotopic (exact) mass is 382 g/mol. The number of carbonyl (C=O) groups is 2. The van der Waals surface area contributed by atoms with E-state index in [-0.39, 0.29) is 23.9 Å². The number of thioether (sulfide) groups is 1. The number of rotatable bonds is 5. The number of hydrogen-bond donors (Lipinski definition) is 1. The molecule has 3 atom stereocenters. The van der Waals surface area contributed by atoms with Gasteiger partial charge >= 0.3 is 0 Å². The van der Waals surface area contributed by atoms with Crippen LogP contribution in [0.4, 0.5) is 0 Å². The molecule has 1 aromatic heterocycles. The summed E-state index contributed by atoms with van der Waals surface area (Å²) >= 11 is 1.65. The van der Waals surface area contributed by atoms with Crippen LogP contribution in [0, 0.1) is 5.92 Å². The lowest BCUT2D eigenvalue weighted by atomic mass is 9.98. The molecule has 2 fully saturated rings. The maximum absolute atomic E-state index is 13.0. The standard InChI is InChI=1S/C20H22N4O2S/c1-27-16-6-3-13(4-7-16)19(25)22-11-18-14-2-5-15(10-14)24(18)20(26)17-8-9-21-12-23-17/h3-4,6-9,12,14-15,18H,2,5,10-11H2,1H3,(H,22,25)/t14-,15+,18+/m0/s1. The van der Waals surface area contributed by atoms with Crippen LogP contribution in [0.2, 0.25) is 0 Å². The van der Waals surface area contributed by atoms with Crippen molar-refractivity contribution in [3.05, 3.63) is 54.1 Å². The Morgan fingerprint density at radius 2 is 2.04 bits per heavy atom. The fourth-order valence-electron chi connectivity index (χ4n) is 4.26. The van der Waals surface area contributed by atoms with E-state index in [1.54, 1.807) is 24.0 Å². The molecule has 1 aromatic carbocycles. The highest BCUT2D eigenvalue weighted by Gasteiger charge is 2.48. The molecule has 2 bridgehead atoms. The average molecular weight is 382 g/mol. The summed E-state index contributed by atoms with van der Waals surface area (Å²) in [6.07, 6.45) is 8.15. The number of piperidine rings is 1. The molecule has 1 saturated heterocycles. The zero-order valence-corrected chi connectivity index (χ0v) is 16.0. The van der Waals surface area contributed by atoms with Crippen LogP contribution in [-0.2, 0) is 0 Å². The first-order valence-electron chi connectivity index (χ1n) is 9.18.